The number of aliphatic hydroxyl groups excluding tert-OH is 4. The van der Waals surface area contributed by atoms with Crippen molar-refractivity contribution in [3.63, 3.8) is 0 Å². The van der Waals surface area contributed by atoms with E-state index in [1.165, 1.54) is 0 Å². The van der Waals surface area contributed by atoms with Crippen molar-refractivity contribution < 1.29 is 35.6 Å². The van der Waals surface area contributed by atoms with Crippen LogP contribution < -0.4 is 10.9 Å². The number of hydrogen-bond acceptors (Lipinski definition) is 7. The van der Waals surface area contributed by atoms with Gasteiger partial charge < -0.3 is 35.7 Å². The molecule has 0 aliphatic heterocycles. The molecular weight excluding hydrogens is 250 g/mol. The molecule has 0 radical (unpaired) electrons. The van der Waals surface area contributed by atoms with Crippen LogP contribution >= 0.6 is 0 Å². The van der Waals surface area contributed by atoms with Gasteiger partial charge in [0.1, 0.15) is 30.6 Å². The highest BCUT2D eigenvalue weighted by atomic mass is 16.5. The maximum atomic E-state index is 11.2. The molecule has 7 N–H and O–H groups in total. The van der Waals surface area contributed by atoms with E-state index in [0.717, 1.165) is 7.05 Å². The van der Waals surface area contributed by atoms with Gasteiger partial charge >= 0.3 is 6.03 Å². The third-order valence-corrected chi connectivity index (χ3v) is 2.21. The molecule has 4 unspecified atom stereocenters. The average Bonchev–Trinajstić information content (AvgIpc) is 2.40. The number of carbonyl (C=O) groups is 2. The highest BCUT2D eigenvalue weighted by Crippen LogP contribution is 2.04. The van der Waals surface area contributed by atoms with Crippen molar-refractivity contribution in [2.45, 2.75) is 24.4 Å². The Hall–Kier alpha value is -1.30. The van der Waals surface area contributed by atoms with Gasteiger partial charge in [-0.25, -0.2) is 4.79 Å². The fourth-order valence-electron chi connectivity index (χ4n) is 1.04. The summed E-state index contributed by atoms with van der Waals surface area (Å²) < 4.78 is 0. The zero-order chi connectivity index (χ0) is 14.3. The van der Waals surface area contributed by atoms with E-state index >= 15 is 0 Å². The van der Waals surface area contributed by atoms with Crippen LogP contribution in [0.5, 0.6) is 0 Å². The van der Waals surface area contributed by atoms with Crippen molar-refractivity contribution in [2.75, 3.05) is 13.7 Å². The summed E-state index contributed by atoms with van der Waals surface area (Å²) in [5.74, 6) is 0. The molecule has 18 heavy (non-hydrogen) atoms. The van der Waals surface area contributed by atoms with Crippen molar-refractivity contribution in [1.29, 1.82) is 0 Å². The predicted molar refractivity (Wildman–Crippen MR) is 56.5 cm³/mol. The van der Waals surface area contributed by atoms with Crippen molar-refractivity contribution in [3.8, 4) is 0 Å². The van der Waals surface area contributed by atoms with Crippen molar-refractivity contribution in [3.05, 3.63) is 5.21 Å². The summed E-state index contributed by atoms with van der Waals surface area (Å²) in [5.41, 5.74) is 0.183. The second-order valence-corrected chi connectivity index (χ2v) is 3.56. The number of amides is 2. The summed E-state index contributed by atoms with van der Waals surface area (Å²) in [5, 5.41) is 49.3. The molecule has 0 aromatic rings. The number of hydrogen-bond donors (Lipinski definition) is 6. The molecule has 0 aromatic carbocycles. The Labute approximate surface area is 102 Å². The summed E-state index contributed by atoms with van der Waals surface area (Å²) in [7, 11) is 1.12. The van der Waals surface area contributed by atoms with Crippen molar-refractivity contribution >= 4 is 12.3 Å². The fourth-order valence-corrected chi connectivity index (χ4v) is 1.04. The van der Waals surface area contributed by atoms with Crippen LogP contribution in [0.3, 0.4) is 0 Å². The van der Waals surface area contributed by atoms with E-state index in [9.17, 15) is 25.0 Å². The van der Waals surface area contributed by atoms with Crippen LogP contribution in [0.4, 0.5) is 4.79 Å². The Morgan fingerprint density at radius 2 is 2.00 bits per heavy atom. The summed E-state index contributed by atoms with van der Waals surface area (Å²) in [6.07, 6.45) is -5.18. The first-order valence-electron chi connectivity index (χ1n) is 4.98. The zero-order valence-electron chi connectivity index (χ0n) is 9.63. The summed E-state index contributed by atoms with van der Waals surface area (Å²) in [6.45, 7) is -0.827. The molecule has 0 bridgehead atoms. The van der Waals surface area contributed by atoms with Gasteiger partial charge in [0.15, 0.2) is 0 Å². The first-order chi connectivity index (χ1) is 8.38. The molecule has 0 saturated heterocycles. The number of rotatable bonds is 7. The fraction of sp³-hybridized carbons (Fsp3) is 0.750. The second kappa shape index (κ2) is 7.92. The smallest absolute Gasteiger partial charge is 0.362 e. The summed E-state index contributed by atoms with van der Waals surface area (Å²) in [6, 6.07) is -2.50. The molecule has 0 spiro atoms. The van der Waals surface area contributed by atoms with Crippen LogP contribution in [0.15, 0.2) is 0 Å². The molecule has 0 aliphatic carbocycles. The SMILES string of the molecule is CN([NH2+][O-])C(=O)NC(C=O)C(O)C(O)C(O)CO. The number of aldehydes is 1. The first kappa shape index (κ1) is 16.7. The van der Waals surface area contributed by atoms with Crippen LogP contribution in [0.25, 0.3) is 0 Å². The normalized spacial score (nSPS) is 17.4. The molecular formula is C8H17N3O7. The van der Waals surface area contributed by atoms with Crippen molar-refractivity contribution in [2.24, 2.45) is 0 Å². The summed E-state index contributed by atoms with van der Waals surface area (Å²) >= 11 is 0. The van der Waals surface area contributed by atoms with E-state index in [0.29, 0.717) is 5.01 Å². The van der Waals surface area contributed by atoms with Crippen molar-refractivity contribution in [1.82, 2.24) is 10.3 Å². The highest BCUT2D eigenvalue weighted by molar-refractivity contribution is 5.77. The van der Waals surface area contributed by atoms with E-state index in [2.05, 4.69) is 0 Å². The van der Waals surface area contributed by atoms with E-state index in [1.54, 1.807) is 0 Å². The third-order valence-electron chi connectivity index (χ3n) is 2.21. The molecule has 0 rings (SSSR count). The zero-order valence-corrected chi connectivity index (χ0v) is 9.63. The lowest BCUT2D eigenvalue weighted by Crippen LogP contribution is -2.89. The van der Waals surface area contributed by atoms with Gasteiger partial charge in [0, 0.05) is 0 Å². The first-order valence-corrected chi connectivity index (χ1v) is 4.98. The van der Waals surface area contributed by atoms with Gasteiger partial charge in [-0.05, 0) is 0 Å². The van der Waals surface area contributed by atoms with Crippen LogP contribution in [0.1, 0.15) is 0 Å². The van der Waals surface area contributed by atoms with E-state index in [1.807, 2.05) is 5.32 Å². The lowest BCUT2D eigenvalue weighted by molar-refractivity contribution is -0.726. The van der Waals surface area contributed by atoms with Gasteiger partial charge in [0.05, 0.1) is 13.7 Å². The molecule has 4 atom stereocenters. The molecule has 0 aromatic heterocycles. The number of nitrogens with zero attached hydrogens (tertiary/aromatic N) is 1. The number of carbonyl (C=O) groups excluding carboxylic acids is 2. The van der Waals surface area contributed by atoms with Gasteiger partial charge in [-0.1, -0.05) is 0 Å². The predicted octanol–water partition coefficient (Wildman–Crippen LogP) is -4.75. The number of nitrogens with two attached hydrogens (primary N) is 1. The van der Waals surface area contributed by atoms with Crippen LogP contribution in [-0.2, 0) is 4.79 Å². The molecule has 0 fully saturated rings. The topological polar surface area (TPSA) is 170 Å². The Morgan fingerprint density at radius 1 is 1.44 bits per heavy atom. The van der Waals surface area contributed by atoms with Crippen LogP contribution in [-0.4, -0.2) is 75.8 Å². The highest BCUT2D eigenvalue weighted by Gasteiger charge is 2.32. The van der Waals surface area contributed by atoms with E-state index in [-0.39, 0.29) is 11.9 Å². The van der Waals surface area contributed by atoms with Gasteiger partial charge in [0.2, 0.25) is 0 Å². The molecule has 0 heterocycles. The Balaban J connectivity index is 4.58. The monoisotopic (exact) mass is 267 g/mol. The maximum Gasteiger partial charge on any atom is 0.362 e. The largest absolute Gasteiger partial charge is 0.609 e. The number of quaternary nitrogens is 1. The Kier molecular flexibility index (Phi) is 7.35. The van der Waals surface area contributed by atoms with Gasteiger partial charge in [-0.15, -0.1) is 0 Å². The minimum atomic E-state index is -1.83. The minimum absolute atomic E-state index is 0.133. The summed E-state index contributed by atoms with van der Waals surface area (Å²) in [4.78, 5) is 21.9. The van der Waals surface area contributed by atoms with Gasteiger partial charge in [0.25, 0.3) is 0 Å². The molecule has 106 valence electrons. The molecule has 10 heteroatoms. The number of nitrogens with one attached hydrogen (secondary N) is 1. The third kappa shape index (κ3) is 4.52. The molecule has 0 aliphatic rings. The van der Waals surface area contributed by atoms with Gasteiger partial charge in [-0.3, -0.25) is 5.59 Å². The average molecular weight is 267 g/mol. The van der Waals surface area contributed by atoms with E-state index < -0.39 is 37.0 Å². The standard InChI is InChI=1S/C8H17N3O7/c1-11(10-18)8(17)9-4(2-12)6(15)7(16)5(14)3-13/h2,4-7,13-16H,3,10H2,1H3,(H,9,17). The van der Waals surface area contributed by atoms with Gasteiger partial charge in [-0.2, -0.15) is 5.01 Å². The van der Waals surface area contributed by atoms with E-state index in [4.69, 9.17) is 10.2 Å². The lowest BCUT2D eigenvalue weighted by Gasteiger charge is -2.27. The molecule has 10 nitrogen and oxygen atoms in total. The Bertz CT molecular complexity index is 277. The lowest BCUT2D eigenvalue weighted by atomic mass is 10.0. The van der Waals surface area contributed by atoms with Crippen LogP contribution in [0, 0.1) is 5.21 Å². The number of aliphatic hydroxyl groups is 4. The van der Waals surface area contributed by atoms with Crippen LogP contribution in [0.2, 0.25) is 0 Å². The minimum Gasteiger partial charge on any atom is -0.609 e. The number of urea groups is 1. The second-order valence-electron chi connectivity index (χ2n) is 3.56. The molecule has 2 amide bonds. The maximum absolute atomic E-state index is 11.2. The molecule has 0 saturated carbocycles. The quantitative estimate of drug-likeness (QED) is 0.116. The Morgan fingerprint density at radius 3 is 2.39 bits per heavy atom.